The zero-order valence-corrected chi connectivity index (χ0v) is 11.6. The van der Waals surface area contributed by atoms with Crippen LogP contribution >= 0.6 is 11.3 Å². The minimum Gasteiger partial charge on any atom is -0.383 e. The van der Waals surface area contributed by atoms with E-state index in [2.05, 4.69) is 34.4 Å². The maximum Gasteiger partial charge on any atom is 0.136 e. The molecule has 3 rings (SSSR count). The number of anilines is 1. The van der Waals surface area contributed by atoms with Crippen LogP contribution in [-0.4, -0.2) is 9.97 Å². The summed E-state index contributed by atoms with van der Waals surface area (Å²) in [7, 11) is 0. The highest BCUT2D eigenvalue weighted by Crippen LogP contribution is 2.35. The second-order valence-electron chi connectivity index (χ2n) is 4.47. The number of nitrogens with zero attached hydrogens (tertiary/aromatic N) is 2. The molecule has 1 aromatic carbocycles. The smallest absolute Gasteiger partial charge is 0.136 e. The van der Waals surface area contributed by atoms with Crippen molar-refractivity contribution < 1.29 is 0 Å². The largest absolute Gasteiger partial charge is 0.383 e. The van der Waals surface area contributed by atoms with Crippen molar-refractivity contribution in [3.63, 3.8) is 0 Å². The van der Waals surface area contributed by atoms with Crippen LogP contribution in [0, 0.1) is 0 Å². The van der Waals surface area contributed by atoms with E-state index in [4.69, 9.17) is 5.73 Å². The van der Waals surface area contributed by atoms with Gasteiger partial charge in [0.05, 0.1) is 5.39 Å². The van der Waals surface area contributed by atoms with Crippen molar-refractivity contribution in [1.29, 1.82) is 0 Å². The van der Waals surface area contributed by atoms with E-state index in [0.717, 1.165) is 40.0 Å². The monoisotopic (exact) mass is 269 g/mol. The van der Waals surface area contributed by atoms with E-state index < -0.39 is 0 Å². The Morgan fingerprint density at radius 2 is 1.95 bits per heavy atom. The Morgan fingerprint density at radius 3 is 2.68 bits per heavy atom. The van der Waals surface area contributed by atoms with Crippen LogP contribution in [0.1, 0.15) is 19.2 Å². The molecule has 0 atom stereocenters. The lowest BCUT2D eigenvalue weighted by atomic mass is 10.1. The quantitative estimate of drug-likeness (QED) is 0.784. The number of thiophene rings is 1. The standard InChI is InChI=1S/C15H15N3S/c1-2-6-12-17-14(16)13-11(9-19-15(13)18-12)10-7-4-3-5-8-10/h3-5,7-9H,2,6H2,1H3,(H2,16,17,18). The lowest BCUT2D eigenvalue weighted by Gasteiger charge is -2.04. The number of aromatic nitrogens is 2. The van der Waals surface area contributed by atoms with Gasteiger partial charge < -0.3 is 5.73 Å². The van der Waals surface area contributed by atoms with Gasteiger partial charge in [-0.1, -0.05) is 37.3 Å². The molecule has 0 aliphatic heterocycles. The van der Waals surface area contributed by atoms with Gasteiger partial charge in [0.15, 0.2) is 0 Å². The van der Waals surface area contributed by atoms with Gasteiger partial charge in [0.25, 0.3) is 0 Å². The fourth-order valence-electron chi connectivity index (χ4n) is 2.18. The van der Waals surface area contributed by atoms with Crippen LogP contribution in [0.3, 0.4) is 0 Å². The van der Waals surface area contributed by atoms with Crippen LogP contribution < -0.4 is 5.73 Å². The molecule has 0 saturated carbocycles. The van der Waals surface area contributed by atoms with Gasteiger partial charge in [-0.3, -0.25) is 0 Å². The average molecular weight is 269 g/mol. The van der Waals surface area contributed by atoms with Crippen LogP contribution in [0.25, 0.3) is 21.3 Å². The fourth-order valence-corrected chi connectivity index (χ4v) is 3.15. The van der Waals surface area contributed by atoms with Crippen molar-refractivity contribution in [2.75, 3.05) is 5.73 Å². The van der Waals surface area contributed by atoms with Gasteiger partial charge in [0, 0.05) is 17.4 Å². The van der Waals surface area contributed by atoms with Gasteiger partial charge in [0.2, 0.25) is 0 Å². The lowest BCUT2D eigenvalue weighted by Crippen LogP contribution is -1.99. The van der Waals surface area contributed by atoms with Gasteiger partial charge in [0.1, 0.15) is 16.5 Å². The van der Waals surface area contributed by atoms with Gasteiger partial charge in [-0.25, -0.2) is 9.97 Å². The van der Waals surface area contributed by atoms with E-state index >= 15 is 0 Å². The zero-order chi connectivity index (χ0) is 13.2. The Bertz CT molecular complexity index is 704. The highest BCUT2D eigenvalue weighted by molar-refractivity contribution is 7.17. The Kier molecular flexibility index (Phi) is 3.17. The minimum absolute atomic E-state index is 0.591. The highest BCUT2D eigenvalue weighted by atomic mass is 32.1. The van der Waals surface area contributed by atoms with Gasteiger partial charge in [-0.15, -0.1) is 11.3 Å². The summed E-state index contributed by atoms with van der Waals surface area (Å²) >= 11 is 1.63. The van der Waals surface area contributed by atoms with E-state index in [1.807, 2.05) is 18.2 Å². The van der Waals surface area contributed by atoms with Gasteiger partial charge >= 0.3 is 0 Å². The molecule has 0 spiro atoms. The number of nitrogens with two attached hydrogens (primary N) is 1. The summed E-state index contributed by atoms with van der Waals surface area (Å²) in [6.07, 6.45) is 1.90. The van der Waals surface area contributed by atoms with Gasteiger partial charge in [-0.05, 0) is 12.0 Å². The third-order valence-corrected chi connectivity index (χ3v) is 3.94. The third kappa shape index (κ3) is 2.19. The number of hydrogen-bond donors (Lipinski definition) is 1. The number of fused-ring (bicyclic) bond motifs is 1. The van der Waals surface area contributed by atoms with Crippen molar-refractivity contribution in [2.24, 2.45) is 0 Å². The number of aryl methyl sites for hydroxylation is 1. The zero-order valence-electron chi connectivity index (χ0n) is 10.8. The molecule has 3 nitrogen and oxygen atoms in total. The van der Waals surface area contributed by atoms with Crippen molar-refractivity contribution in [1.82, 2.24) is 9.97 Å². The molecule has 4 heteroatoms. The molecule has 2 aromatic heterocycles. The maximum absolute atomic E-state index is 6.13. The molecule has 0 unspecified atom stereocenters. The first-order chi connectivity index (χ1) is 9.29. The molecular formula is C15H15N3S. The second kappa shape index (κ2) is 4.97. The molecule has 0 fully saturated rings. The van der Waals surface area contributed by atoms with Crippen molar-refractivity contribution in [3.8, 4) is 11.1 Å². The average Bonchev–Trinajstić information content (AvgIpc) is 2.84. The van der Waals surface area contributed by atoms with Crippen LogP contribution in [-0.2, 0) is 6.42 Å². The molecule has 0 bridgehead atoms. The molecule has 3 aromatic rings. The molecular weight excluding hydrogens is 254 g/mol. The number of nitrogen functional groups attached to an aromatic ring is 1. The molecule has 96 valence electrons. The van der Waals surface area contributed by atoms with E-state index in [1.54, 1.807) is 11.3 Å². The van der Waals surface area contributed by atoms with E-state index in [1.165, 1.54) is 0 Å². The summed E-state index contributed by atoms with van der Waals surface area (Å²) in [5.74, 6) is 1.43. The predicted octanol–water partition coefficient (Wildman–Crippen LogP) is 3.89. The van der Waals surface area contributed by atoms with Gasteiger partial charge in [-0.2, -0.15) is 0 Å². The van der Waals surface area contributed by atoms with Crippen molar-refractivity contribution in [3.05, 3.63) is 41.5 Å². The minimum atomic E-state index is 0.591. The fraction of sp³-hybridized carbons (Fsp3) is 0.200. The number of hydrogen-bond acceptors (Lipinski definition) is 4. The first kappa shape index (κ1) is 12.1. The lowest BCUT2D eigenvalue weighted by molar-refractivity contribution is 0.848. The number of benzene rings is 1. The SMILES string of the molecule is CCCc1nc(N)c2c(-c3ccccc3)csc2n1. The van der Waals surface area contributed by atoms with Crippen LogP contribution in [0.4, 0.5) is 5.82 Å². The summed E-state index contributed by atoms with van der Waals surface area (Å²) in [5, 5.41) is 3.09. The summed E-state index contributed by atoms with van der Waals surface area (Å²) < 4.78 is 0. The molecule has 2 N–H and O–H groups in total. The van der Waals surface area contributed by atoms with E-state index in [0.29, 0.717) is 5.82 Å². The molecule has 19 heavy (non-hydrogen) atoms. The topological polar surface area (TPSA) is 51.8 Å². The molecule has 0 aliphatic rings. The molecule has 2 heterocycles. The Labute approximate surface area is 116 Å². The first-order valence-electron chi connectivity index (χ1n) is 6.38. The van der Waals surface area contributed by atoms with Crippen LogP contribution in [0.2, 0.25) is 0 Å². The van der Waals surface area contributed by atoms with E-state index in [9.17, 15) is 0 Å². The Balaban J connectivity index is 2.19. The third-order valence-electron chi connectivity index (χ3n) is 3.07. The summed E-state index contributed by atoms with van der Waals surface area (Å²) in [4.78, 5) is 10.0. The van der Waals surface area contributed by atoms with Crippen LogP contribution in [0.15, 0.2) is 35.7 Å². The highest BCUT2D eigenvalue weighted by Gasteiger charge is 2.12. The summed E-state index contributed by atoms with van der Waals surface area (Å²) in [6.45, 7) is 2.12. The summed E-state index contributed by atoms with van der Waals surface area (Å²) in [5.41, 5.74) is 8.41. The first-order valence-corrected chi connectivity index (χ1v) is 7.26. The molecule has 0 amide bonds. The van der Waals surface area contributed by atoms with Crippen molar-refractivity contribution in [2.45, 2.75) is 19.8 Å². The Morgan fingerprint density at radius 1 is 1.16 bits per heavy atom. The molecule has 0 radical (unpaired) electrons. The summed E-state index contributed by atoms with van der Waals surface area (Å²) in [6, 6.07) is 10.2. The maximum atomic E-state index is 6.13. The predicted molar refractivity (Wildman–Crippen MR) is 81.3 cm³/mol. The molecule has 0 saturated heterocycles. The molecule has 0 aliphatic carbocycles. The Hall–Kier alpha value is -1.94. The van der Waals surface area contributed by atoms with Crippen molar-refractivity contribution >= 4 is 27.4 Å². The number of rotatable bonds is 3. The van der Waals surface area contributed by atoms with E-state index in [-0.39, 0.29) is 0 Å². The second-order valence-corrected chi connectivity index (χ2v) is 5.33. The normalized spacial score (nSPS) is 11.0. The van der Waals surface area contributed by atoms with Crippen LogP contribution in [0.5, 0.6) is 0 Å².